The molecule has 1 aromatic heterocycles. The van der Waals surface area contributed by atoms with E-state index in [0.717, 1.165) is 29.7 Å². The molecule has 4 nitrogen and oxygen atoms in total. The number of aryl methyl sites for hydroxylation is 1. The Morgan fingerprint density at radius 1 is 1.19 bits per heavy atom. The SMILES string of the molecule is CCc1nnc(Oc2ccc(Cl)c(F)c2)c(CN)c1CC. The number of benzene rings is 1. The zero-order chi connectivity index (χ0) is 15.4. The molecule has 0 atom stereocenters. The molecular formula is C15H17ClFN3O. The number of nitrogens with zero attached hydrogens (tertiary/aromatic N) is 2. The molecular weight excluding hydrogens is 293 g/mol. The monoisotopic (exact) mass is 309 g/mol. The van der Waals surface area contributed by atoms with E-state index in [0.29, 0.717) is 11.6 Å². The van der Waals surface area contributed by atoms with Crippen LogP contribution in [0.1, 0.15) is 30.7 Å². The first-order chi connectivity index (χ1) is 10.1. The third kappa shape index (κ3) is 3.31. The zero-order valence-corrected chi connectivity index (χ0v) is 12.7. The Bertz CT molecular complexity index is 649. The normalized spacial score (nSPS) is 10.7. The van der Waals surface area contributed by atoms with Gasteiger partial charge in [-0.05, 0) is 30.5 Å². The van der Waals surface area contributed by atoms with E-state index < -0.39 is 5.82 Å². The van der Waals surface area contributed by atoms with Crippen LogP contribution in [0.25, 0.3) is 0 Å². The van der Waals surface area contributed by atoms with Gasteiger partial charge < -0.3 is 10.5 Å². The molecule has 1 aromatic carbocycles. The van der Waals surface area contributed by atoms with E-state index in [9.17, 15) is 4.39 Å². The second-order valence-corrected chi connectivity index (χ2v) is 4.91. The summed E-state index contributed by atoms with van der Waals surface area (Å²) in [5.41, 5.74) is 8.57. The molecule has 0 saturated heterocycles. The Balaban J connectivity index is 2.41. The highest BCUT2D eigenvalue weighted by Gasteiger charge is 2.15. The highest BCUT2D eigenvalue weighted by molar-refractivity contribution is 6.30. The molecule has 0 spiro atoms. The highest BCUT2D eigenvalue weighted by atomic mass is 35.5. The first-order valence-electron chi connectivity index (χ1n) is 6.80. The number of halogens is 2. The van der Waals surface area contributed by atoms with Crippen molar-refractivity contribution in [3.8, 4) is 11.6 Å². The summed E-state index contributed by atoms with van der Waals surface area (Å²) < 4.78 is 19.1. The van der Waals surface area contributed by atoms with Crippen LogP contribution in [0, 0.1) is 5.82 Å². The van der Waals surface area contributed by atoms with Crippen molar-refractivity contribution in [3.63, 3.8) is 0 Å². The molecule has 0 aliphatic rings. The van der Waals surface area contributed by atoms with Gasteiger partial charge in [0, 0.05) is 18.2 Å². The molecule has 2 rings (SSSR count). The van der Waals surface area contributed by atoms with Crippen molar-refractivity contribution < 1.29 is 9.13 Å². The maximum Gasteiger partial charge on any atom is 0.243 e. The third-order valence-corrected chi connectivity index (χ3v) is 3.54. The summed E-state index contributed by atoms with van der Waals surface area (Å²) in [6, 6.07) is 4.22. The van der Waals surface area contributed by atoms with Crippen LogP contribution in [0.2, 0.25) is 5.02 Å². The lowest BCUT2D eigenvalue weighted by atomic mass is 10.0. The standard InChI is InChI=1S/C15H17ClFN3O/c1-3-10-11(8-18)15(20-19-14(10)4-2)21-9-5-6-12(16)13(17)7-9/h5-7H,3-4,8,18H2,1-2H3. The van der Waals surface area contributed by atoms with E-state index in [-0.39, 0.29) is 11.6 Å². The molecule has 0 aliphatic heterocycles. The topological polar surface area (TPSA) is 61.0 Å². The summed E-state index contributed by atoms with van der Waals surface area (Å²) in [4.78, 5) is 0. The van der Waals surface area contributed by atoms with Gasteiger partial charge in [-0.25, -0.2) is 4.39 Å². The average Bonchev–Trinajstić information content (AvgIpc) is 2.50. The number of hydrogen-bond donors (Lipinski definition) is 1. The van der Waals surface area contributed by atoms with Crippen molar-refractivity contribution in [1.82, 2.24) is 10.2 Å². The maximum absolute atomic E-state index is 13.5. The Kier molecular flexibility index (Phi) is 5.09. The molecule has 0 radical (unpaired) electrons. The molecule has 2 N–H and O–H groups in total. The summed E-state index contributed by atoms with van der Waals surface area (Å²) in [5.74, 6) is 0.0813. The number of nitrogens with two attached hydrogens (primary N) is 1. The lowest BCUT2D eigenvalue weighted by Crippen LogP contribution is -2.10. The van der Waals surface area contributed by atoms with Crippen molar-refractivity contribution in [2.24, 2.45) is 5.73 Å². The smallest absolute Gasteiger partial charge is 0.243 e. The van der Waals surface area contributed by atoms with Crippen molar-refractivity contribution in [2.45, 2.75) is 33.2 Å². The van der Waals surface area contributed by atoms with E-state index in [1.807, 2.05) is 13.8 Å². The molecule has 0 unspecified atom stereocenters. The van der Waals surface area contributed by atoms with Crippen LogP contribution >= 0.6 is 11.6 Å². The summed E-state index contributed by atoms with van der Waals surface area (Å²) in [6.07, 6.45) is 1.57. The van der Waals surface area contributed by atoms with Gasteiger partial charge in [0.15, 0.2) is 0 Å². The fourth-order valence-electron chi connectivity index (χ4n) is 2.18. The lowest BCUT2D eigenvalue weighted by molar-refractivity contribution is 0.441. The van der Waals surface area contributed by atoms with Crippen LogP contribution < -0.4 is 10.5 Å². The first kappa shape index (κ1) is 15.7. The van der Waals surface area contributed by atoms with Gasteiger partial charge in [-0.15, -0.1) is 5.10 Å². The molecule has 0 aliphatic carbocycles. The minimum Gasteiger partial charge on any atom is -0.437 e. The fourth-order valence-corrected chi connectivity index (χ4v) is 2.29. The highest BCUT2D eigenvalue weighted by Crippen LogP contribution is 2.28. The van der Waals surface area contributed by atoms with E-state index in [2.05, 4.69) is 10.2 Å². The van der Waals surface area contributed by atoms with Gasteiger partial charge in [-0.2, -0.15) is 5.10 Å². The maximum atomic E-state index is 13.5. The predicted octanol–water partition coefficient (Wildman–Crippen LogP) is 3.64. The summed E-state index contributed by atoms with van der Waals surface area (Å²) in [6.45, 7) is 4.33. The molecule has 21 heavy (non-hydrogen) atoms. The summed E-state index contributed by atoms with van der Waals surface area (Å²) in [7, 11) is 0. The quantitative estimate of drug-likeness (QED) is 0.916. The largest absolute Gasteiger partial charge is 0.437 e. The van der Waals surface area contributed by atoms with Crippen LogP contribution in [-0.2, 0) is 19.4 Å². The van der Waals surface area contributed by atoms with Crippen LogP contribution in [0.15, 0.2) is 18.2 Å². The molecule has 2 aromatic rings. The second kappa shape index (κ2) is 6.83. The summed E-state index contributed by atoms with van der Waals surface area (Å²) in [5, 5.41) is 8.28. The molecule has 0 amide bonds. The Morgan fingerprint density at radius 3 is 2.52 bits per heavy atom. The fraction of sp³-hybridized carbons (Fsp3) is 0.333. The van der Waals surface area contributed by atoms with Crippen LogP contribution in [0.4, 0.5) is 4.39 Å². The molecule has 1 heterocycles. The molecule has 6 heteroatoms. The number of hydrogen-bond acceptors (Lipinski definition) is 4. The molecule has 0 fully saturated rings. The minimum atomic E-state index is -0.544. The number of aromatic nitrogens is 2. The predicted molar refractivity (Wildman–Crippen MR) is 80.2 cm³/mol. The number of rotatable bonds is 5. The first-order valence-corrected chi connectivity index (χ1v) is 7.18. The minimum absolute atomic E-state index is 0.0445. The average molecular weight is 310 g/mol. The van der Waals surface area contributed by atoms with Crippen LogP contribution in [0.5, 0.6) is 11.6 Å². The van der Waals surface area contributed by atoms with Gasteiger partial charge in [0.25, 0.3) is 0 Å². The number of ether oxygens (including phenoxy) is 1. The van der Waals surface area contributed by atoms with E-state index >= 15 is 0 Å². The van der Waals surface area contributed by atoms with Crippen molar-refractivity contribution in [1.29, 1.82) is 0 Å². The van der Waals surface area contributed by atoms with Crippen LogP contribution in [-0.4, -0.2) is 10.2 Å². The van der Waals surface area contributed by atoms with Crippen molar-refractivity contribution in [2.75, 3.05) is 0 Å². The van der Waals surface area contributed by atoms with Gasteiger partial charge in [0.05, 0.1) is 10.7 Å². The molecule has 0 bridgehead atoms. The molecule has 112 valence electrons. The van der Waals surface area contributed by atoms with Gasteiger partial charge in [0.1, 0.15) is 11.6 Å². The van der Waals surface area contributed by atoms with Gasteiger partial charge >= 0.3 is 0 Å². The summed E-state index contributed by atoms with van der Waals surface area (Å²) >= 11 is 5.65. The van der Waals surface area contributed by atoms with E-state index in [1.165, 1.54) is 12.1 Å². The molecule has 0 saturated carbocycles. The van der Waals surface area contributed by atoms with E-state index in [1.54, 1.807) is 6.07 Å². The van der Waals surface area contributed by atoms with Gasteiger partial charge in [-0.1, -0.05) is 25.4 Å². The van der Waals surface area contributed by atoms with Crippen molar-refractivity contribution >= 4 is 11.6 Å². The van der Waals surface area contributed by atoms with Crippen molar-refractivity contribution in [3.05, 3.63) is 45.9 Å². The van der Waals surface area contributed by atoms with Gasteiger partial charge in [0.2, 0.25) is 5.88 Å². The van der Waals surface area contributed by atoms with E-state index in [4.69, 9.17) is 22.1 Å². The Morgan fingerprint density at radius 2 is 1.95 bits per heavy atom. The Labute approximate surface area is 128 Å². The van der Waals surface area contributed by atoms with Crippen LogP contribution in [0.3, 0.4) is 0 Å². The Hall–Kier alpha value is -1.72. The zero-order valence-electron chi connectivity index (χ0n) is 12.0. The van der Waals surface area contributed by atoms with Gasteiger partial charge in [-0.3, -0.25) is 0 Å². The second-order valence-electron chi connectivity index (χ2n) is 4.50. The lowest BCUT2D eigenvalue weighted by Gasteiger charge is -2.14. The third-order valence-electron chi connectivity index (χ3n) is 3.23.